The maximum absolute atomic E-state index is 5.96. The van der Waals surface area contributed by atoms with Gasteiger partial charge in [0.2, 0.25) is 0 Å². The number of aryl methyl sites for hydroxylation is 1. The van der Waals surface area contributed by atoms with Crippen molar-refractivity contribution in [3.8, 4) is 0 Å². The Morgan fingerprint density at radius 2 is 2.30 bits per heavy atom. The molecule has 1 saturated heterocycles. The zero-order valence-corrected chi connectivity index (χ0v) is 16.7. The third-order valence-electron chi connectivity index (χ3n) is 5.21. The zero-order chi connectivity index (χ0) is 15.7. The molecule has 1 aromatic heterocycles. The minimum atomic E-state index is 0. The number of aliphatic imine (C=N–C) groups is 1. The number of ether oxygens (including phenoxy) is 1. The average molecular weight is 433 g/mol. The summed E-state index contributed by atoms with van der Waals surface area (Å²) in [5.41, 5.74) is 1.28. The molecule has 2 heterocycles. The van der Waals surface area contributed by atoms with Crippen molar-refractivity contribution in [2.24, 2.45) is 23.4 Å². The molecule has 1 saturated carbocycles. The molecular formula is C16H28IN5O. The maximum Gasteiger partial charge on any atom is 0.191 e. The molecule has 2 N–H and O–H groups in total. The number of hydrogen-bond donors (Lipinski definition) is 2. The summed E-state index contributed by atoms with van der Waals surface area (Å²) in [6, 6.07) is 2.43. The minimum absolute atomic E-state index is 0. The molecule has 130 valence electrons. The number of nitrogens with one attached hydrogen (secondary N) is 2. The number of aromatic nitrogens is 2. The maximum atomic E-state index is 5.96. The zero-order valence-electron chi connectivity index (χ0n) is 14.4. The highest BCUT2D eigenvalue weighted by Crippen LogP contribution is 2.51. The Morgan fingerprint density at radius 1 is 1.52 bits per heavy atom. The van der Waals surface area contributed by atoms with Gasteiger partial charge >= 0.3 is 0 Å². The molecule has 2 fully saturated rings. The Morgan fingerprint density at radius 3 is 2.96 bits per heavy atom. The van der Waals surface area contributed by atoms with Gasteiger partial charge in [-0.3, -0.25) is 9.67 Å². The minimum Gasteiger partial charge on any atom is -0.377 e. The Hall–Kier alpha value is -0.830. The first-order valence-corrected chi connectivity index (χ1v) is 8.09. The molecule has 0 amide bonds. The third-order valence-corrected chi connectivity index (χ3v) is 5.21. The van der Waals surface area contributed by atoms with Crippen molar-refractivity contribution in [2.45, 2.75) is 45.4 Å². The fraction of sp³-hybridized carbons (Fsp3) is 0.750. The SMILES string of the molecule is CN=C(NCc1ccnn1C)NC1C2CCCOC2C1(C)C.I. The van der Waals surface area contributed by atoms with Gasteiger partial charge in [-0.05, 0) is 18.9 Å². The van der Waals surface area contributed by atoms with Gasteiger partial charge in [0.15, 0.2) is 5.96 Å². The molecule has 0 spiro atoms. The summed E-state index contributed by atoms with van der Waals surface area (Å²) in [5, 5.41) is 11.2. The van der Waals surface area contributed by atoms with Crippen LogP contribution in [0.25, 0.3) is 0 Å². The van der Waals surface area contributed by atoms with Crippen LogP contribution in [-0.4, -0.2) is 41.5 Å². The summed E-state index contributed by atoms with van der Waals surface area (Å²) in [6.45, 7) is 6.19. The lowest BCUT2D eigenvalue weighted by atomic mass is 9.55. The predicted molar refractivity (Wildman–Crippen MR) is 102 cm³/mol. The van der Waals surface area contributed by atoms with Gasteiger partial charge in [0, 0.05) is 44.3 Å². The quantitative estimate of drug-likeness (QED) is 0.435. The number of hydrogen-bond acceptors (Lipinski definition) is 3. The second-order valence-corrected chi connectivity index (χ2v) is 6.91. The Labute approximate surface area is 155 Å². The average Bonchev–Trinajstić information content (AvgIpc) is 2.92. The number of nitrogens with zero attached hydrogens (tertiary/aromatic N) is 3. The molecule has 2 aliphatic rings. The van der Waals surface area contributed by atoms with Crippen molar-refractivity contribution >= 4 is 29.9 Å². The van der Waals surface area contributed by atoms with Crippen molar-refractivity contribution in [1.82, 2.24) is 20.4 Å². The molecular weight excluding hydrogens is 405 g/mol. The highest BCUT2D eigenvalue weighted by molar-refractivity contribution is 14.0. The van der Waals surface area contributed by atoms with E-state index in [1.807, 2.05) is 31.0 Å². The van der Waals surface area contributed by atoms with Crippen LogP contribution in [0.15, 0.2) is 17.3 Å². The van der Waals surface area contributed by atoms with E-state index in [1.165, 1.54) is 6.42 Å². The number of guanidine groups is 1. The van der Waals surface area contributed by atoms with E-state index in [0.29, 0.717) is 24.6 Å². The highest BCUT2D eigenvalue weighted by Gasteiger charge is 2.58. The van der Waals surface area contributed by atoms with E-state index < -0.39 is 0 Å². The van der Waals surface area contributed by atoms with E-state index in [0.717, 1.165) is 24.7 Å². The topological polar surface area (TPSA) is 63.5 Å². The summed E-state index contributed by atoms with van der Waals surface area (Å²) in [4.78, 5) is 4.37. The summed E-state index contributed by atoms with van der Waals surface area (Å²) in [5.74, 6) is 1.45. The molecule has 3 rings (SSSR count). The molecule has 23 heavy (non-hydrogen) atoms. The van der Waals surface area contributed by atoms with E-state index in [1.54, 1.807) is 0 Å². The van der Waals surface area contributed by atoms with E-state index in [4.69, 9.17) is 4.74 Å². The highest BCUT2D eigenvalue weighted by atomic mass is 127. The molecule has 3 atom stereocenters. The molecule has 3 unspecified atom stereocenters. The van der Waals surface area contributed by atoms with Crippen LogP contribution in [0.3, 0.4) is 0 Å². The van der Waals surface area contributed by atoms with Crippen molar-refractivity contribution in [3.63, 3.8) is 0 Å². The number of rotatable bonds is 3. The van der Waals surface area contributed by atoms with Gasteiger partial charge < -0.3 is 15.4 Å². The van der Waals surface area contributed by atoms with Crippen LogP contribution < -0.4 is 10.6 Å². The molecule has 6 nitrogen and oxygen atoms in total. The van der Waals surface area contributed by atoms with Crippen molar-refractivity contribution in [3.05, 3.63) is 18.0 Å². The first-order valence-electron chi connectivity index (χ1n) is 8.09. The lowest BCUT2D eigenvalue weighted by Crippen LogP contribution is -2.71. The van der Waals surface area contributed by atoms with Gasteiger partial charge in [-0.25, -0.2) is 0 Å². The van der Waals surface area contributed by atoms with E-state index >= 15 is 0 Å². The summed E-state index contributed by atoms with van der Waals surface area (Å²) < 4.78 is 7.83. The fourth-order valence-electron chi connectivity index (χ4n) is 3.91. The Balaban J connectivity index is 0.00000192. The largest absolute Gasteiger partial charge is 0.377 e. The molecule has 0 radical (unpaired) electrons. The van der Waals surface area contributed by atoms with Crippen LogP contribution in [0.2, 0.25) is 0 Å². The van der Waals surface area contributed by atoms with Crippen molar-refractivity contribution in [1.29, 1.82) is 0 Å². The second-order valence-electron chi connectivity index (χ2n) is 6.91. The van der Waals surface area contributed by atoms with Gasteiger partial charge in [0.05, 0.1) is 18.3 Å². The molecule has 0 bridgehead atoms. The van der Waals surface area contributed by atoms with Crippen LogP contribution in [-0.2, 0) is 18.3 Å². The van der Waals surface area contributed by atoms with Gasteiger partial charge in [0.1, 0.15) is 0 Å². The first-order chi connectivity index (χ1) is 10.5. The lowest BCUT2D eigenvalue weighted by Gasteiger charge is -2.60. The van der Waals surface area contributed by atoms with Crippen LogP contribution in [0.1, 0.15) is 32.4 Å². The van der Waals surface area contributed by atoms with Gasteiger partial charge in [-0.1, -0.05) is 13.8 Å². The summed E-state index contributed by atoms with van der Waals surface area (Å²) in [6.07, 6.45) is 4.60. The third kappa shape index (κ3) is 3.50. The normalized spacial score (nSPS) is 29.0. The molecule has 1 aliphatic carbocycles. The van der Waals surface area contributed by atoms with Gasteiger partial charge in [-0.15, -0.1) is 24.0 Å². The lowest BCUT2D eigenvalue weighted by molar-refractivity contribution is -0.188. The van der Waals surface area contributed by atoms with Crippen molar-refractivity contribution in [2.75, 3.05) is 13.7 Å². The fourth-order valence-corrected chi connectivity index (χ4v) is 3.91. The van der Waals surface area contributed by atoms with E-state index in [9.17, 15) is 0 Å². The molecule has 1 aliphatic heterocycles. The molecule has 7 heteroatoms. The standard InChI is InChI=1S/C16H27N5O.HI/c1-16(2)13(12-6-5-9-22-14(12)16)20-15(17-3)18-10-11-7-8-19-21(11)4;/h7-8,12-14H,5-6,9-10H2,1-4H3,(H2,17,18,20);1H. The molecule has 0 aromatic carbocycles. The second kappa shape index (κ2) is 7.38. The van der Waals surface area contributed by atoms with Gasteiger partial charge in [-0.2, -0.15) is 5.10 Å². The van der Waals surface area contributed by atoms with Gasteiger partial charge in [0.25, 0.3) is 0 Å². The van der Waals surface area contributed by atoms with Crippen LogP contribution in [0, 0.1) is 11.3 Å². The Bertz CT molecular complexity index is 556. The van der Waals surface area contributed by atoms with Crippen LogP contribution >= 0.6 is 24.0 Å². The smallest absolute Gasteiger partial charge is 0.191 e. The number of fused-ring (bicyclic) bond motifs is 1. The van der Waals surface area contributed by atoms with Crippen LogP contribution in [0.5, 0.6) is 0 Å². The van der Waals surface area contributed by atoms with E-state index in [2.05, 4.69) is 34.6 Å². The summed E-state index contributed by atoms with van der Waals surface area (Å²) in [7, 11) is 3.77. The molecule has 1 aromatic rings. The summed E-state index contributed by atoms with van der Waals surface area (Å²) >= 11 is 0. The monoisotopic (exact) mass is 433 g/mol. The number of halogens is 1. The predicted octanol–water partition coefficient (Wildman–Crippen LogP) is 1.91. The van der Waals surface area contributed by atoms with Crippen molar-refractivity contribution < 1.29 is 4.74 Å². The van der Waals surface area contributed by atoms with Crippen LogP contribution in [0.4, 0.5) is 0 Å². The van der Waals surface area contributed by atoms with E-state index in [-0.39, 0.29) is 29.4 Å². The Kier molecular flexibility index (Phi) is 5.94. The first kappa shape index (κ1) is 18.5.